The fraction of sp³-hybridized carbons (Fsp3) is 0.161. The van der Waals surface area contributed by atoms with E-state index in [1.165, 1.54) is 44.4 Å². The van der Waals surface area contributed by atoms with Gasteiger partial charge in [-0.2, -0.15) is 0 Å². The Morgan fingerprint density at radius 3 is 2.34 bits per heavy atom. The molecule has 2 N–H and O–H groups in total. The summed E-state index contributed by atoms with van der Waals surface area (Å²) in [6, 6.07) is 17.3. The van der Waals surface area contributed by atoms with Crippen molar-refractivity contribution >= 4 is 62.7 Å². The van der Waals surface area contributed by atoms with Gasteiger partial charge in [0.2, 0.25) is 5.91 Å². The summed E-state index contributed by atoms with van der Waals surface area (Å²) >= 11 is 9.77. The van der Waals surface area contributed by atoms with Crippen LogP contribution in [0.4, 0.5) is 5.69 Å². The van der Waals surface area contributed by atoms with E-state index in [1.807, 2.05) is 24.3 Å². The molecule has 0 bridgehead atoms. The number of nitrogens with one attached hydrogen (secondary N) is 1. The van der Waals surface area contributed by atoms with Crippen molar-refractivity contribution in [1.29, 1.82) is 0 Å². The zero-order chi connectivity index (χ0) is 30.1. The maximum Gasteiger partial charge on any atom is 0.335 e. The number of hydrogen-bond donors (Lipinski definition) is 2. The van der Waals surface area contributed by atoms with Crippen molar-refractivity contribution in [3.63, 3.8) is 0 Å². The molecule has 1 unspecified atom stereocenters. The predicted molar refractivity (Wildman–Crippen MR) is 162 cm³/mol. The highest BCUT2D eigenvalue weighted by atomic mass is 79.9. The molecule has 212 valence electrons. The monoisotopic (exact) mass is 638 g/mol. The molecule has 1 atom stereocenters. The van der Waals surface area contributed by atoms with Crippen molar-refractivity contribution in [1.82, 2.24) is 4.90 Å². The lowest BCUT2D eigenvalue weighted by Gasteiger charge is -2.28. The number of halogens is 2. The molecule has 0 aromatic heterocycles. The number of hydrogen-bond acceptors (Lipinski definition) is 6. The number of Topliss-reactive ketones (excluding diaryl/α,β-unsaturated/α-hetero) is 1. The van der Waals surface area contributed by atoms with Crippen LogP contribution in [0.2, 0.25) is 5.02 Å². The lowest BCUT2D eigenvalue weighted by molar-refractivity contribution is -0.120. The molecule has 0 radical (unpaired) electrons. The fourth-order valence-corrected chi connectivity index (χ4v) is 4.76. The number of amides is 1. The van der Waals surface area contributed by atoms with Gasteiger partial charge in [-0.3, -0.25) is 14.4 Å². The Balaban J connectivity index is 2.04. The largest absolute Gasteiger partial charge is 0.495 e. The Labute approximate surface area is 251 Å². The smallest absolute Gasteiger partial charge is 0.335 e. The molecule has 8 nitrogen and oxygen atoms in total. The maximum atomic E-state index is 13.6. The van der Waals surface area contributed by atoms with E-state index in [9.17, 15) is 24.3 Å². The quantitative estimate of drug-likeness (QED) is 0.0791. The number of carbonyl (C=O) groups excluding carboxylic acids is 3. The number of carboxylic acid groups (broad SMARTS) is 1. The number of nitrogens with zero attached hydrogens (tertiary/aromatic N) is 1. The Kier molecular flexibility index (Phi) is 11.0. The van der Waals surface area contributed by atoms with Gasteiger partial charge in [0, 0.05) is 46.0 Å². The first-order chi connectivity index (χ1) is 19.5. The van der Waals surface area contributed by atoms with Crippen LogP contribution in [0.25, 0.3) is 5.57 Å². The molecule has 0 aliphatic heterocycles. The standard InChI is InChI=1S/C31H28BrClN2O6/c1-19(37)24-13-10-22(33)17-26(24)25(14-15-36)29(41-3)18-35(2)28(16-21-6-4-5-7-27(21)32)30(38)34-23-11-8-20(9-12-23)31(39)40/h4-15,17-18,28H,16H2,1-3H3,(H,34,38)(H,39,40)/b25-14-,29-18+. The lowest BCUT2D eigenvalue weighted by atomic mass is 9.95. The van der Waals surface area contributed by atoms with Crippen molar-refractivity contribution in [3.05, 3.63) is 117 Å². The number of aldehydes is 1. The molecule has 0 aliphatic carbocycles. The van der Waals surface area contributed by atoms with Gasteiger partial charge >= 0.3 is 5.97 Å². The van der Waals surface area contributed by atoms with E-state index in [2.05, 4.69) is 21.2 Å². The van der Waals surface area contributed by atoms with E-state index < -0.39 is 12.0 Å². The molecular weight excluding hydrogens is 612 g/mol. The van der Waals surface area contributed by atoms with Gasteiger partial charge in [-0.05, 0) is 72.7 Å². The number of benzene rings is 3. The number of aromatic carboxylic acids is 1. The van der Waals surface area contributed by atoms with E-state index >= 15 is 0 Å². The predicted octanol–water partition coefficient (Wildman–Crippen LogP) is 6.26. The minimum Gasteiger partial charge on any atom is -0.495 e. The van der Waals surface area contributed by atoms with Gasteiger partial charge in [-0.25, -0.2) is 4.79 Å². The summed E-state index contributed by atoms with van der Waals surface area (Å²) in [6.07, 6.45) is 3.72. The second kappa shape index (κ2) is 14.4. The zero-order valence-corrected chi connectivity index (χ0v) is 24.9. The molecule has 0 saturated carbocycles. The van der Waals surface area contributed by atoms with Gasteiger partial charge in [0.15, 0.2) is 5.78 Å². The van der Waals surface area contributed by atoms with E-state index in [0.29, 0.717) is 33.7 Å². The van der Waals surface area contributed by atoms with Gasteiger partial charge in [0.05, 0.1) is 12.7 Å². The van der Waals surface area contributed by atoms with Crippen LogP contribution < -0.4 is 5.32 Å². The summed E-state index contributed by atoms with van der Waals surface area (Å²) in [5, 5.41) is 12.4. The molecule has 0 aliphatic rings. The Bertz CT molecular complexity index is 1520. The summed E-state index contributed by atoms with van der Waals surface area (Å²) in [4.78, 5) is 50.5. The Morgan fingerprint density at radius 1 is 1.07 bits per heavy atom. The average molecular weight is 640 g/mol. The third-order valence-corrected chi connectivity index (χ3v) is 7.27. The molecule has 1 amide bonds. The summed E-state index contributed by atoms with van der Waals surface area (Å²) in [7, 11) is 3.11. The van der Waals surface area contributed by atoms with Crippen LogP contribution >= 0.6 is 27.5 Å². The van der Waals surface area contributed by atoms with Crippen LogP contribution in [0.1, 0.15) is 38.8 Å². The fourth-order valence-electron chi connectivity index (χ4n) is 4.14. The molecule has 0 saturated heterocycles. The number of anilines is 1. The molecule has 41 heavy (non-hydrogen) atoms. The number of likely N-dealkylation sites (N-methyl/N-ethyl adjacent to an activating group) is 1. The molecule has 0 fully saturated rings. The minimum absolute atomic E-state index is 0.0954. The second-order valence-electron chi connectivity index (χ2n) is 9.01. The number of methoxy groups -OCH3 is 1. The third kappa shape index (κ3) is 8.15. The molecule has 3 rings (SSSR count). The number of ketones is 1. The first-order valence-electron chi connectivity index (χ1n) is 12.4. The van der Waals surface area contributed by atoms with Gasteiger partial charge in [-0.1, -0.05) is 45.7 Å². The van der Waals surface area contributed by atoms with E-state index in [1.54, 1.807) is 36.3 Å². The van der Waals surface area contributed by atoms with Gasteiger partial charge in [-0.15, -0.1) is 0 Å². The summed E-state index contributed by atoms with van der Waals surface area (Å²) < 4.78 is 6.48. The van der Waals surface area contributed by atoms with Crippen LogP contribution in [0.15, 0.2) is 89.2 Å². The van der Waals surface area contributed by atoms with Crippen molar-refractivity contribution in [2.24, 2.45) is 0 Å². The van der Waals surface area contributed by atoms with Crippen LogP contribution in [0.3, 0.4) is 0 Å². The number of carbonyl (C=O) groups is 4. The molecule has 0 heterocycles. The first kappa shape index (κ1) is 31.3. The Hall–Kier alpha value is -4.21. The zero-order valence-electron chi connectivity index (χ0n) is 22.6. The highest BCUT2D eigenvalue weighted by Gasteiger charge is 2.25. The van der Waals surface area contributed by atoms with Crippen molar-refractivity contribution in [2.75, 3.05) is 19.5 Å². The number of allylic oxidation sites excluding steroid dienone is 2. The van der Waals surface area contributed by atoms with Gasteiger partial charge in [0.1, 0.15) is 18.1 Å². The van der Waals surface area contributed by atoms with E-state index in [4.69, 9.17) is 16.3 Å². The average Bonchev–Trinajstić information content (AvgIpc) is 2.94. The molecule has 0 spiro atoms. The number of rotatable bonds is 12. The molecule has 3 aromatic rings. The van der Waals surface area contributed by atoms with E-state index in [0.717, 1.165) is 10.0 Å². The van der Waals surface area contributed by atoms with Crippen molar-refractivity contribution in [2.45, 2.75) is 19.4 Å². The minimum atomic E-state index is -1.07. The van der Waals surface area contributed by atoms with Gasteiger partial charge in [0.25, 0.3) is 0 Å². The van der Waals surface area contributed by atoms with Crippen LogP contribution in [-0.4, -0.2) is 54.2 Å². The lowest BCUT2D eigenvalue weighted by Crippen LogP contribution is -2.41. The first-order valence-corrected chi connectivity index (χ1v) is 13.5. The van der Waals surface area contributed by atoms with Crippen LogP contribution in [0.5, 0.6) is 0 Å². The highest BCUT2D eigenvalue weighted by Crippen LogP contribution is 2.30. The topological polar surface area (TPSA) is 113 Å². The Morgan fingerprint density at radius 2 is 1.76 bits per heavy atom. The molecular formula is C31H28BrClN2O6. The van der Waals surface area contributed by atoms with Crippen LogP contribution in [-0.2, 0) is 20.7 Å². The third-order valence-electron chi connectivity index (χ3n) is 6.26. The summed E-state index contributed by atoms with van der Waals surface area (Å²) in [6.45, 7) is 1.41. The van der Waals surface area contributed by atoms with Gasteiger partial charge < -0.3 is 20.1 Å². The number of ether oxygens (including phenoxy) is 1. The second-order valence-corrected chi connectivity index (χ2v) is 10.3. The molecule has 10 heteroatoms. The normalized spacial score (nSPS) is 12.3. The maximum absolute atomic E-state index is 13.6. The van der Waals surface area contributed by atoms with Crippen LogP contribution in [0, 0.1) is 0 Å². The summed E-state index contributed by atoms with van der Waals surface area (Å²) in [5.74, 6) is -1.44. The summed E-state index contributed by atoms with van der Waals surface area (Å²) in [5.41, 5.74) is 2.45. The van der Waals surface area contributed by atoms with E-state index in [-0.39, 0.29) is 29.4 Å². The van der Waals surface area contributed by atoms with Crippen molar-refractivity contribution < 1.29 is 29.0 Å². The van der Waals surface area contributed by atoms with Crippen molar-refractivity contribution in [3.8, 4) is 0 Å². The number of carboxylic acids is 1. The highest BCUT2D eigenvalue weighted by molar-refractivity contribution is 9.10. The SMILES string of the molecule is COC(=C/N(C)C(Cc1ccccc1Br)C(=O)Nc1ccc(C(=O)O)cc1)/C(=C\C=O)c1cc(Cl)ccc1C(C)=O. The molecule has 3 aromatic carbocycles.